The van der Waals surface area contributed by atoms with Crippen LogP contribution < -0.4 is 5.73 Å². The second-order valence-electron chi connectivity index (χ2n) is 9.97. The molecule has 0 radical (unpaired) electrons. The number of β-amino-alcohol motifs (C(OH)–C–C–N with tert-alkyl or cyclic N) is 1. The number of nitrogens with zero attached hydrogens (tertiary/aromatic N) is 3. The van der Waals surface area contributed by atoms with E-state index in [1.807, 2.05) is 6.07 Å². The van der Waals surface area contributed by atoms with E-state index >= 15 is 0 Å². The molecule has 5 nitrogen and oxygen atoms in total. The number of fused-ring (bicyclic) bond motifs is 2. The lowest BCUT2D eigenvalue weighted by Gasteiger charge is -2.38. The van der Waals surface area contributed by atoms with Crippen molar-refractivity contribution in [3.8, 4) is 0 Å². The van der Waals surface area contributed by atoms with Crippen LogP contribution in [0.15, 0.2) is 36.4 Å². The SMILES string of the molecule is Cc1ccc2c(c1)nc(C(C)C)n2[C@@H]1CCN(C[C@@H]2Cc3ccc(N)cc3C2)C[C@H]1O. The molecular weight excluding hydrogens is 384 g/mol. The number of hydrogen-bond donors (Lipinski definition) is 2. The molecule has 0 saturated carbocycles. The van der Waals surface area contributed by atoms with Gasteiger partial charge in [-0.15, -0.1) is 0 Å². The van der Waals surface area contributed by atoms with Crippen molar-refractivity contribution in [3.63, 3.8) is 0 Å². The van der Waals surface area contributed by atoms with Crippen LogP contribution in [0.2, 0.25) is 0 Å². The highest BCUT2D eigenvalue weighted by molar-refractivity contribution is 5.77. The number of aryl methyl sites for hydroxylation is 1. The fourth-order valence-corrected chi connectivity index (χ4v) is 5.66. The van der Waals surface area contributed by atoms with Gasteiger partial charge in [0, 0.05) is 31.2 Å². The van der Waals surface area contributed by atoms with E-state index in [0.29, 0.717) is 11.8 Å². The highest BCUT2D eigenvalue weighted by Gasteiger charge is 2.33. The van der Waals surface area contributed by atoms with E-state index < -0.39 is 0 Å². The van der Waals surface area contributed by atoms with Crippen LogP contribution in [0.5, 0.6) is 0 Å². The summed E-state index contributed by atoms with van der Waals surface area (Å²) >= 11 is 0. The van der Waals surface area contributed by atoms with Crippen molar-refractivity contribution in [3.05, 3.63) is 58.9 Å². The summed E-state index contributed by atoms with van der Waals surface area (Å²) in [7, 11) is 0. The Kier molecular flexibility index (Phi) is 5.27. The van der Waals surface area contributed by atoms with Crippen LogP contribution in [-0.2, 0) is 12.8 Å². The van der Waals surface area contributed by atoms with Gasteiger partial charge in [0.25, 0.3) is 0 Å². The van der Waals surface area contributed by atoms with Crippen LogP contribution in [0.1, 0.15) is 54.7 Å². The predicted molar refractivity (Wildman–Crippen MR) is 126 cm³/mol. The molecule has 3 aromatic rings. The Morgan fingerprint density at radius 2 is 1.94 bits per heavy atom. The van der Waals surface area contributed by atoms with Crippen molar-refractivity contribution in [1.82, 2.24) is 14.5 Å². The monoisotopic (exact) mass is 418 g/mol. The Labute approximate surface area is 184 Å². The molecule has 0 bridgehead atoms. The molecule has 1 aliphatic carbocycles. The number of nitrogens with two attached hydrogens (primary N) is 1. The smallest absolute Gasteiger partial charge is 0.112 e. The van der Waals surface area contributed by atoms with E-state index in [1.54, 1.807) is 0 Å². The third-order valence-electron chi connectivity index (χ3n) is 7.11. The Morgan fingerprint density at radius 1 is 1.13 bits per heavy atom. The highest BCUT2D eigenvalue weighted by atomic mass is 16.3. The summed E-state index contributed by atoms with van der Waals surface area (Å²) in [6.07, 6.45) is 2.78. The van der Waals surface area contributed by atoms with Gasteiger partial charge in [-0.3, -0.25) is 0 Å². The van der Waals surface area contributed by atoms with Gasteiger partial charge in [0.15, 0.2) is 0 Å². The maximum Gasteiger partial charge on any atom is 0.112 e. The van der Waals surface area contributed by atoms with Gasteiger partial charge in [-0.25, -0.2) is 4.98 Å². The molecule has 2 aromatic carbocycles. The van der Waals surface area contributed by atoms with Crippen LogP contribution in [0.4, 0.5) is 5.69 Å². The normalized spacial score (nSPS) is 24.2. The summed E-state index contributed by atoms with van der Waals surface area (Å²) in [4.78, 5) is 7.40. The van der Waals surface area contributed by atoms with E-state index in [0.717, 1.165) is 61.4 Å². The minimum absolute atomic E-state index is 0.0851. The zero-order chi connectivity index (χ0) is 21.7. The number of benzene rings is 2. The molecule has 2 aliphatic rings. The van der Waals surface area contributed by atoms with Crippen LogP contribution >= 0.6 is 0 Å². The predicted octanol–water partition coefficient (Wildman–Crippen LogP) is 4.07. The fraction of sp³-hybridized carbons (Fsp3) is 0.500. The van der Waals surface area contributed by atoms with Gasteiger partial charge < -0.3 is 20.3 Å². The summed E-state index contributed by atoms with van der Waals surface area (Å²) in [6, 6.07) is 12.9. The number of anilines is 1. The van der Waals surface area contributed by atoms with Gasteiger partial charge in [0.2, 0.25) is 0 Å². The zero-order valence-corrected chi connectivity index (χ0v) is 18.9. The van der Waals surface area contributed by atoms with Gasteiger partial charge in [-0.05, 0) is 73.1 Å². The van der Waals surface area contributed by atoms with E-state index in [9.17, 15) is 5.11 Å². The zero-order valence-electron chi connectivity index (χ0n) is 18.9. The average Bonchev–Trinajstić information content (AvgIpc) is 3.28. The number of likely N-dealkylation sites (tertiary alicyclic amines) is 1. The first-order chi connectivity index (χ1) is 14.9. The molecule has 2 heterocycles. The Balaban J connectivity index is 1.31. The molecule has 1 fully saturated rings. The number of aromatic nitrogens is 2. The standard InChI is InChI=1S/C26H34N4O/c1-16(2)26-28-22-10-17(3)4-7-23(22)30(26)24-8-9-29(15-25(24)31)14-18-11-19-5-6-21(27)13-20(19)12-18/h4-7,10,13,16,18,24-25,31H,8-9,11-12,14-15,27H2,1-3H3/t18-,24-,25-/m1/s1. The molecule has 1 aliphatic heterocycles. The second kappa shape index (κ2) is 7.95. The number of imidazole rings is 1. The maximum atomic E-state index is 11.2. The van der Waals surface area contributed by atoms with Crippen molar-refractivity contribution in [2.45, 2.75) is 58.1 Å². The average molecular weight is 419 g/mol. The van der Waals surface area contributed by atoms with E-state index in [4.69, 9.17) is 10.7 Å². The van der Waals surface area contributed by atoms with Gasteiger partial charge in [0.05, 0.1) is 23.2 Å². The topological polar surface area (TPSA) is 67.3 Å². The van der Waals surface area contributed by atoms with E-state index in [1.165, 1.54) is 16.7 Å². The molecule has 5 heteroatoms. The van der Waals surface area contributed by atoms with Crippen molar-refractivity contribution in [2.75, 3.05) is 25.4 Å². The first kappa shape index (κ1) is 20.5. The molecule has 0 amide bonds. The number of aliphatic hydroxyl groups is 1. The molecule has 0 spiro atoms. The number of rotatable bonds is 4. The lowest BCUT2D eigenvalue weighted by molar-refractivity contribution is 0.0218. The molecule has 1 saturated heterocycles. The largest absolute Gasteiger partial charge is 0.399 e. The van der Waals surface area contributed by atoms with Crippen LogP contribution in [0.3, 0.4) is 0 Å². The van der Waals surface area contributed by atoms with Crippen molar-refractivity contribution in [2.24, 2.45) is 5.92 Å². The number of nitrogen functional groups attached to an aromatic ring is 1. The Bertz CT molecular complexity index is 1100. The van der Waals surface area contributed by atoms with E-state index in [-0.39, 0.29) is 12.1 Å². The lowest BCUT2D eigenvalue weighted by Crippen LogP contribution is -2.46. The molecule has 5 rings (SSSR count). The number of aliphatic hydroxyl groups excluding tert-OH is 1. The third kappa shape index (κ3) is 3.85. The maximum absolute atomic E-state index is 11.2. The first-order valence-corrected chi connectivity index (χ1v) is 11.6. The molecule has 1 aromatic heterocycles. The quantitative estimate of drug-likeness (QED) is 0.627. The Hall–Kier alpha value is -2.37. The summed E-state index contributed by atoms with van der Waals surface area (Å²) in [5, 5.41) is 11.2. The second-order valence-corrected chi connectivity index (χ2v) is 9.97. The first-order valence-electron chi connectivity index (χ1n) is 11.6. The summed E-state index contributed by atoms with van der Waals surface area (Å²) < 4.78 is 2.33. The van der Waals surface area contributed by atoms with Crippen molar-refractivity contribution < 1.29 is 5.11 Å². The van der Waals surface area contributed by atoms with Crippen molar-refractivity contribution >= 4 is 16.7 Å². The molecule has 3 N–H and O–H groups in total. The molecule has 164 valence electrons. The summed E-state index contributed by atoms with van der Waals surface area (Å²) in [5.41, 5.74) is 13.1. The van der Waals surface area contributed by atoms with Crippen molar-refractivity contribution in [1.29, 1.82) is 0 Å². The highest BCUT2D eigenvalue weighted by Crippen LogP contribution is 2.34. The fourth-order valence-electron chi connectivity index (χ4n) is 5.66. The van der Waals surface area contributed by atoms with Crippen LogP contribution in [0.25, 0.3) is 11.0 Å². The number of piperidine rings is 1. The molecular formula is C26H34N4O. The third-order valence-corrected chi connectivity index (χ3v) is 7.11. The molecule has 0 unspecified atom stereocenters. The molecule has 3 atom stereocenters. The van der Waals surface area contributed by atoms with Gasteiger partial charge >= 0.3 is 0 Å². The summed E-state index contributed by atoms with van der Waals surface area (Å²) in [5.74, 6) is 2.02. The Morgan fingerprint density at radius 3 is 2.71 bits per heavy atom. The minimum atomic E-state index is -0.385. The van der Waals surface area contributed by atoms with Crippen LogP contribution in [-0.4, -0.2) is 45.3 Å². The van der Waals surface area contributed by atoms with E-state index in [2.05, 4.69) is 60.6 Å². The number of hydrogen-bond acceptors (Lipinski definition) is 4. The van der Waals surface area contributed by atoms with Gasteiger partial charge in [0.1, 0.15) is 5.82 Å². The van der Waals surface area contributed by atoms with Gasteiger partial charge in [-0.2, -0.15) is 0 Å². The minimum Gasteiger partial charge on any atom is -0.399 e. The summed E-state index contributed by atoms with van der Waals surface area (Å²) in [6.45, 7) is 9.27. The molecule has 31 heavy (non-hydrogen) atoms. The van der Waals surface area contributed by atoms with Gasteiger partial charge in [-0.1, -0.05) is 26.0 Å². The lowest BCUT2D eigenvalue weighted by atomic mass is 9.98. The van der Waals surface area contributed by atoms with Crippen LogP contribution in [0, 0.1) is 12.8 Å².